The highest BCUT2D eigenvalue weighted by molar-refractivity contribution is 5.70. The minimum atomic E-state index is -0.507. The zero-order valence-electron chi connectivity index (χ0n) is 18.3. The SMILES string of the molecule is Cc1cc(-c2nc(-c3ccc(OC4CC4)c(C)c3)n3c2CCO[C@H](CF)C3)cc(C)n1. The number of hydrogen-bond acceptors (Lipinski definition) is 4. The van der Waals surface area contributed by atoms with Crippen LogP contribution < -0.4 is 4.74 Å². The largest absolute Gasteiger partial charge is 0.490 e. The minimum Gasteiger partial charge on any atom is -0.490 e. The van der Waals surface area contributed by atoms with Gasteiger partial charge in [0, 0.05) is 34.6 Å². The quantitative estimate of drug-likeness (QED) is 0.582. The summed E-state index contributed by atoms with van der Waals surface area (Å²) in [6.45, 7) is 6.50. The Morgan fingerprint density at radius 3 is 2.52 bits per heavy atom. The molecule has 1 saturated carbocycles. The van der Waals surface area contributed by atoms with Crippen LogP contribution in [0.5, 0.6) is 5.75 Å². The molecular formula is C25H28FN3O2. The minimum absolute atomic E-state index is 0.361. The molecule has 2 aromatic heterocycles. The Bertz CT molecular complexity index is 1100. The molecule has 1 aliphatic carbocycles. The van der Waals surface area contributed by atoms with Gasteiger partial charge in [0.25, 0.3) is 0 Å². The van der Waals surface area contributed by atoms with Gasteiger partial charge in [-0.2, -0.15) is 0 Å². The first-order chi connectivity index (χ1) is 15.0. The topological polar surface area (TPSA) is 49.2 Å². The summed E-state index contributed by atoms with van der Waals surface area (Å²) in [6.07, 6.45) is 2.86. The molecule has 1 aromatic carbocycles. The number of halogens is 1. The fourth-order valence-corrected chi connectivity index (χ4v) is 4.32. The van der Waals surface area contributed by atoms with E-state index in [1.807, 2.05) is 19.9 Å². The van der Waals surface area contributed by atoms with Gasteiger partial charge in [-0.15, -0.1) is 0 Å². The number of nitrogens with zero attached hydrogens (tertiary/aromatic N) is 3. The number of alkyl halides is 1. The second-order valence-electron chi connectivity index (χ2n) is 8.67. The monoisotopic (exact) mass is 421 g/mol. The van der Waals surface area contributed by atoms with Crippen LogP contribution in [-0.2, 0) is 17.7 Å². The van der Waals surface area contributed by atoms with Crippen molar-refractivity contribution in [2.45, 2.75) is 58.8 Å². The third kappa shape index (κ3) is 4.09. The third-order valence-electron chi connectivity index (χ3n) is 5.93. The van der Waals surface area contributed by atoms with Crippen LogP contribution in [-0.4, -0.2) is 40.0 Å². The third-order valence-corrected chi connectivity index (χ3v) is 5.93. The van der Waals surface area contributed by atoms with Gasteiger partial charge in [-0.1, -0.05) is 0 Å². The molecular weight excluding hydrogens is 393 g/mol. The van der Waals surface area contributed by atoms with Crippen LogP contribution in [0.25, 0.3) is 22.6 Å². The molecule has 1 atom stereocenters. The van der Waals surface area contributed by atoms with E-state index >= 15 is 0 Å². The van der Waals surface area contributed by atoms with Crippen molar-refractivity contribution < 1.29 is 13.9 Å². The molecule has 5 nitrogen and oxygen atoms in total. The van der Waals surface area contributed by atoms with E-state index in [0.29, 0.717) is 25.7 Å². The van der Waals surface area contributed by atoms with Crippen molar-refractivity contribution in [1.82, 2.24) is 14.5 Å². The molecule has 0 saturated heterocycles. The second kappa shape index (κ2) is 8.08. The molecule has 0 bridgehead atoms. The zero-order chi connectivity index (χ0) is 21.5. The van der Waals surface area contributed by atoms with Crippen molar-refractivity contribution >= 4 is 0 Å². The van der Waals surface area contributed by atoms with Gasteiger partial charge >= 0.3 is 0 Å². The zero-order valence-corrected chi connectivity index (χ0v) is 18.3. The standard InChI is InChI=1S/C25H28FN3O2/c1-15-10-18(4-7-23(15)31-20-5-6-20)25-28-24(19-11-16(2)27-17(3)12-19)22-8-9-30-21(13-26)14-29(22)25/h4,7,10-12,20-21H,5-6,8-9,13-14H2,1-3H3/t21-/m1/s1. The van der Waals surface area contributed by atoms with E-state index in [9.17, 15) is 4.39 Å². The van der Waals surface area contributed by atoms with Crippen molar-refractivity contribution in [2.24, 2.45) is 0 Å². The summed E-state index contributed by atoms with van der Waals surface area (Å²) in [5.41, 5.74) is 7.09. The molecule has 31 heavy (non-hydrogen) atoms. The number of aryl methyl sites for hydroxylation is 3. The van der Waals surface area contributed by atoms with Gasteiger partial charge in [-0.3, -0.25) is 4.98 Å². The predicted octanol–water partition coefficient (Wildman–Crippen LogP) is 4.99. The molecule has 5 rings (SSSR count). The molecule has 0 radical (unpaired) electrons. The van der Waals surface area contributed by atoms with E-state index in [4.69, 9.17) is 14.5 Å². The molecule has 0 spiro atoms. The smallest absolute Gasteiger partial charge is 0.140 e. The summed E-state index contributed by atoms with van der Waals surface area (Å²) in [5.74, 6) is 1.78. The van der Waals surface area contributed by atoms with Gasteiger partial charge in [0.2, 0.25) is 0 Å². The summed E-state index contributed by atoms with van der Waals surface area (Å²) in [6, 6.07) is 10.3. The number of fused-ring (bicyclic) bond motifs is 1. The van der Waals surface area contributed by atoms with Crippen LogP contribution in [0, 0.1) is 20.8 Å². The lowest BCUT2D eigenvalue weighted by atomic mass is 10.1. The molecule has 0 amide bonds. The molecule has 3 aromatic rings. The maximum atomic E-state index is 13.6. The number of ether oxygens (including phenoxy) is 2. The summed E-state index contributed by atoms with van der Waals surface area (Å²) in [4.78, 5) is 9.59. The average Bonchev–Trinajstić information content (AvgIpc) is 3.52. The van der Waals surface area contributed by atoms with Gasteiger partial charge in [0.15, 0.2) is 0 Å². The number of hydrogen-bond donors (Lipinski definition) is 0. The predicted molar refractivity (Wildman–Crippen MR) is 118 cm³/mol. The molecule has 162 valence electrons. The molecule has 1 fully saturated rings. The first-order valence-corrected chi connectivity index (χ1v) is 11.0. The molecule has 0 unspecified atom stereocenters. The molecule has 3 heterocycles. The number of imidazole rings is 1. The Kier molecular flexibility index (Phi) is 5.26. The highest BCUT2D eigenvalue weighted by atomic mass is 19.1. The number of benzene rings is 1. The summed E-state index contributed by atoms with van der Waals surface area (Å²) < 4.78 is 27.5. The Hall–Kier alpha value is -2.73. The summed E-state index contributed by atoms with van der Waals surface area (Å²) >= 11 is 0. The lowest BCUT2D eigenvalue weighted by Crippen LogP contribution is -2.21. The second-order valence-corrected chi connectivity index (χ2v) is 8.67. The Morgan fingerprint density at radius 1 is 1.06 bits per heavy atom. The van der Waals surface area contributed by atoms with Crippen LogP contribution in [0.1, 0.15) is 35.5 Å². The van der Waals surface area contributed by atoms with Gasteiger partial charge in [-0.25, -0.2) is 9.37 Å². The van der Waals surface area contributed by atoms with E-state index in [1.165, 1.54) is 0 Å². The fourth-order valence-electron chi connectivity index (χ4n) is 4.32. The first kappa shape index (κ1) is 20.2. The van der Waals surface area contributed by atoms with Crippen molar-refractivity contribution in [3.63, 3.8) is 0 Å². The summed E-state index contributed by atoms with van der Waals surface area (Å²) in [5, 5.41) is 0. The van der Waals surface area contributed by atoms with Gasteiger partial charge < -0.3 is 14.0 Å². The molecule has 0 N–H and O–H groups in total. The van der Waals surface area contributed by atoms with Crippen LogP contribution in [0.2, 0.25) is 0 Å². The van der Waals surface area contributed by atoms with Crippen LogP contribution in [0.3, 0.4) is 0 Å². The maximum Gasteiger partial charge on any atom is 0.140 e. The number of rotatable bonds is 5. The molecule has 1 aliphatic heterocycles. The van der Waals surface area contributed by atoms with E-state index < -0.39 is 12.8 Å². The first-order valence-electron chi connectivity index (χ1n) is 11.0. The van der Waals surface area contributed by atoms with Crippen molar-refractivity contribution in [1.29, 1.82) is 0 Å². The van der Waals surface area contributed by atoms with E-state index in [2.05, 4.69) is 40.7 Å². The van der Waals surface area contributed by atoms with Crippen molar-refractivity contribution in [3.05, 3.63) is 53.0 Å². The Labute approximate surface area is 182 Å². The van der Waals surface area contributed by atoms with Crippen LogP contribution in [0.15, 0.2) is 30.3 Å². The summed E-state index contributed by atoms with van der Waals surface area (Å²) in [7, 11) is 0. The van der Waals surface area contributed by atoms with E-state index in [-0.39, 0.29) is 0 Å². The van der Waals surface area contributed by atoms with Crippen LogP contribution in [0.4, 0.5) is 4.39 Å². The van der Waals surface area contributed by atoms with Crippen molar-refractivity contribution in [2.75, 3.05) is 13.3 Å². The molecule has 2 aliphatic rings. The normalized spacial score (nSPS) is 18.5. The highest BCUT2D eigenvalue weighted by Crippen LogP contribution is 2.35. The number of pyridine rings is 1. The fraction of sp³-hybridized carbons (Fsp3) is 0.440. The lowest BCUT2D eigenvalue weighted by molar-refractivity contribution is 0.0355. The van der Waals surface area contributed by atoms with Gasteiger partial charge in [-0.05, 0) is 69.5 Å². The lowest BCUT2D eigenvalue weighted by Gasteiger charge is -2.15. The van der Waals surface area contributed by atoms with E-state index in [0.717, 1.165) is 63.9 Å². The average molecular weight is 422 g/mol. The van der Waals surface area contributed by atoms with E-state index in [1.54, 1.807) is 0 Å². The van der Waals surface area contributed by atoms with Crippen LogP contribution >= 0.6 is 0 Å². The van der Waals surface area contributed by atoms with Crippen molar-refractivity contribution in [3.8, 4) is 28.4 Å². The Balaban J connectivity index is 1.62. The maximum absolute atomic E-state index is 13.6. The van der Waals surface area contributed by atoms with Gasteiger partial charge in [0.05, 0.1) is 24.9 Å². The molecule has 6 heteroatoms. The highest BCUT2D eigenvalue weighted by Gasteiger charge is 2.27. The number of aromatic nitrogens is 3. The van der Waals surface area contributed by atoms with Gasteiger partial charge in [0.1, 0.15) is 24.4 Å². The Morgan fingerprint density at radius 2 is 1.84 bits per heavy atom.